The van der Waals surface area contributed by atoms with Crippen molar-refractivity contribution in [3.8, 4) is 0 Å². The van der Waals surface area contributed by atoms with E-state index in [1.54, 1.807) is 18.0 Å². The first-order valence-corrected chi connectivity index (χ1v) is 8.04. The van der Waals surface area contributed by atoms with Crippen molar-refractivity contribution in [2.75, 3.05) is 0 Å². The maximum Gasteiger partial charge on any atom is 0.234 e. The number of carbonyl (C=O) groups excluding carboxylic acids is 1. The molecule has 0 bridgehead atoms. The molecule has 0 spiro atoms. The highest BCUT2D eigenvalue weighted by Gasteiger charge is 2.28. The first-order chi connectivity index (χ1) is 10.1. The van der Waals surface area contributed by atoms with Crippen LogP contribution in [0.3, 0.4) is 0 Å². The molecular formula is C16H19N3OS. The minimum atomic E-state index is -0.0122. The van der Waals surface area contributed by atoms with E-state index in [-0.39, 0.29) is 17.2 Å². The van der Waals surface area contributed by atoms with Gasteiger partial charge < -0.3 is 5.32 Å². The van der Waals surface area contributed by atoms with Crippen LogP contribution in [0.25, 0.3) is 0 Å². The Balaban J connectivity index is 1.57. The van der Waals surface area contributed by atoms with E-state index >= 15 is 0 Å². The number of hydrogen-bond donors (Lipinski definition) is 1. The van der Waals surface area contributed by atoms with E-state index in [0.717, 1.165) is 6.42 Å². The predicted molar refractivity (Wildman–Crippen MR) is 84.4 cm³/mol. The third-order valence-electron chi connectivity index (χ3n) is 3.60. The summed E-state index contributed by atoms with van der Waals surface area (Å²) in [6, 6.07) is 8.38. The summed E-state index contributed by atoms with van der Waals surface area (Å²) in [7, 11) is 0. The number of fused-ring (bicyclic) bond motifs is 1. The second-order valence-corrected chi connectivity index (χ2v) is 6.80. The van der Waals surface area contributed by atoms with Gasteiger partial charge in [-0.25, -0.2) is 0 Å². The molecule has 1 aliphatic rings. The van der Waals surface area contributed by atoms with E-state index in [1.807, 2.05) is 23.9 Å². The molecule has 0 aliphatic carbocycles. The Labute approximate surface area is 128 Å². The molecule has 0 fully saturated rings. The van der Waals surface area contributed by atoms with Gasteiger partial charge in [0.1, 0.15) is 0 Å². The van der Waals surface area contributed by atoms with Crippen LogP contribution in [-0.4, -0.2) is 27.0 Å². The molecule has 2 heterocycles. The van der Waals surface area contributed by atoms with Gasteiger partial charge in [0.15, 0.2) is 0 Å². The van der Waals surface area contributed by atoms with E-state index in [9.17, 15) is 4.79 Å². The summed E-state index contributed by atoms with van der Waals surface area (Å²) >= 11 is 1.67. The Morgan fingerprint density at radius 1 is 1.57 bits per heavy atom. The molecular weight excluding hydrogens is 282 g/mol. The van der Waals surface area contributed by atoms with Gasteiger partial charge in [0.25, 0.3) is 0 Å². The lowest BCUT2D eigenvalue weighted by molar-refractivity contribution is -0.121. The summed E-state index contributed by atoms with van der Waals surface area (Å²) in [5.74, 6) is 0.119. The minimum Gasteiger partial charge on any atom is -0.351 e. The summed E-state index contributed by atoms with van der Waals surface area (Å²) in [6.45, 7) is 4.79. The van der Waals surface area contributed by atoms with Gasteiger partial charge in [-0.05, 0) is 38.0 Å². The Kier molecular flexibility index (Phi) is 4.01. The van der Waals surface area contributed by atoms with Gasteiger partial charge in [-0.15, -0.1) is 11.8 Å². The maximum atomic E-state index is 12.4. The summed E-state index contributed by atoms with van der Waals surface area (Å²) < 4.78 is 1.84. The lowest BCUT2D eigenvalue weighted by Crippen LogP contribution is -2.40. The van der Waals surface area contributed by atoms with Crippen LogP contribution in [0, 0.1) is 6.92 Å². The quantitative estimate of drug-likeness (QED) is 0.943. The van der Waals surface area contributed by atoms with Crippen molar-refractivity contribution in [2.45, 2.75) is 43.0 Å². The molecule has 0 saturated carbocycles. The van der Waals surface area contributed by atoms with Crippen molar-refractivity contribution in [2.24, 2.45) is 0 Å². The number of aromatic nitrogens is 2. The number of rotatable bonds is 4. The van der Waals surface area contributed by atoms with Gasteiger partial charge in [0, 0.05) is 23.3 Å². The number of amides is 1. The molecule has 1 amide bonds. The largest absolute Gasteiger partial charge is 0.351 e. The van der Waals surface area contributed by atoms with Gasteiger partial charge >= 0.3 is 0 Å². The summed E-state index contributed by atoms with van der Waals surface area (Å²) in [4.78, 5) is 13.6. The normalized spacial score (nSPS) is 18.3. The molecule has 2 aromatic rings. The molecule has 1 aromatic heterocycles. The molecule has 0 radical (unpaired) electrons. The number of nitrogens with one attached hydrogen (secondary N) is 1. The molecule has 1 N–H and O–H groups in total. The Morgan fingerprint density at radius 2 is 2.43 bits per heavy atom. The van der Waals surface area contributed by atoms with Crippen LogP contribution in [-0.2, 0) is 17.8 Å². The van der Waals surface area contributed by atoms with E-state index in [2.05, 4.69) is 35.5 Å². The highest BCUT2D eigenvalue weighted by Crippen LogP contribution is 2.37. The third kappa shape index (κ3) is 3.29. The zero-order chi connectivity index (χ0) is 14.8. The second kappa shape index (κ2) is 5.93. The standard InChI is InChI=1S/C16H19N3OS/c1-11-4-5-13-9-15(21-14(13)8-11)16(20)18-12(2)10-19-7-3-6-17-19/h3-8,12,15H,9-10H2,1-2H3,(H,18,20). The second-order valence-electron chi connectivity index (χ2n) is 5.56. The lowest BCUT2D eigenvalue weighted by Gasteiger charge is -2.16. The highest BCUT2D eigenvalue weighted by molar-refractivity contribution is 8.01. The fourth-order valence-corrected chi connectivity index (χ4v) is 3.85. The predicted octanol–water partition coefficient (Wildman–Crippen LogP) is 2.41. The fourth-order valence-electron chi connectivity index (χ4n) is 2.55. The number of benzene rings is 1. The van der Waals surface area contributed by atoms with Crippen LogP contribution in [0.2, 0.25) is 0 Å². The maximum absolute atomic E-state index is 12.4. The van der Waals surface area contributed by atoms with Crippen molar-refractivity contribution < 1.29 is 4.79 Å². The van der Waals surface area contributed by atoms with Crippen molar-refractivity contribution >= 4 is 17.7 Å². The molecule has 3 rings (SSSR count). The number of thioether (sulfide) groups is 1. The van der Waals surface area contributed by atoms with Gasteiger partial charge in [0.2, 0.25) is 5.91 Å². The van der Waals surface area contributed by atoms with E-state index in [4.69, 9.17) is 0 Å². The van der Waals surface area contributed by atoms with Crippen LogP contribution in [0.4, 0.5) is 0 Å². The first-order valence-electron chi connectivity index (χ1n) is 7.16. The Hall–Kier alpha value is -1.75. The molecule has 4 nitrogen and oxygen atoms in total. The highest BCUT2D eigenvalue weighted by atomic mass is 32.2. The van der Waals surface area contributed by atoms with Gasteiger partial charge in [-0.3, -0.25) is 9.48 Å². The summed E-state index contributed by atoms with van der Waals surface area (Å²) in [5, 5.41) is 7.24. The number of hydrogen-bond acceptors (Lipinski definition) is 3. The molecule has 5 heteroatoms. The smallest absolute Gasteiger partial charge is 0.234 e. The lowest BCUT2D eigenvalue weighted by atomic mass is 10.1. The number of carbonyl (C=O) groups is 1. The zero-order valence-electron chi connectivity index (χ0n) is 12.2. The van der Waals surface area contributed by atoms with Crippen LogP contribution in [0.15, 0.2) is 41.6 Å². The average molecular weight is 301 g/mol. The number of nitrogens with zero attached hydrogens (tertiary/aromatic N) is 2. The summed E-state index contributed by atoms with van der Waals surface area (Å²) in [6.07, 6.45) is 4.48. The molecule has 2 atom stereocenters. The molecule has 21 heavy (non-hydrogen) atoms. The summed E-state index contributed by atoms with van der Waals surface area (Å²) in [5.41, 5.74) is 2.53. The monoisotopic (exact) mass is 301 g/mol. The zero-order valence-corrected chi connectivity index (χ0v) is 13.1. The van der Waals surface area contributed by atoms with E-state index in [1.165, 1.54) is 16.0 Å². The molecule has 110 valence electrons. The average Bonchev–Trinajstić information content (AvgIpc) is 3.06. The third-order valence-corrected chi connectivity index (χ3v) is 4.90. The van der Waals surface area contributed by atoms with Crippen LogP contribution in [0.1, 0.15) is 18.1 Å². The fraction of sp³-hybridized carbons (Fsp3) is 0.375. The Bertz CT molecular complexity index is 639. The Morgan fingerprint density at radius 3 is 3.19 bits per heavy atom. The number of aryl methyl sites for hydroxylation is 1. The van der Waals surface area contributed by atoms with Crippen molar-refractivity contribution in [3.63, 3.8) is 0 Å². The molecule has 0 saturated heterocycles. The van der Waals surface area contributed by atoms with Crippen molar-refractivity contribution in [1.29, 1.82) is 0 Å². The topological polar surface area (TPSA) is 46.9 Å². The van der Waals surface area contributed by atoms with E-state index in [0.29, 0.717) is 6.54 Å². The minimum absolute atomic E-state index is 0.0122. The molecule has 1 aliphatic heterocycles. The van der Waals surface area contributed by atoms with Crippen molar-refractivity contribution in [1.82, 2.24) is 15.1 Å². The van der Waals surface area contributed by atoms with Crippen LogP contribution in [0.5, 0.6) is 0 Å². The SMILES string of the molecule is Cc1ccc2c(c1)SC(C(=O)NC(C)Cn1cccn1)C2. The first kappa shape index (κ1) is 14.2. The molecule has 2 unspecified atom stereocenters. The van der Waals surface area contributed by atoms with Crippen LogP contribution < -0.4 is 5.32 Å². The van der Waals surface area contributed by atoms with E-state index < -0.39 is 0 Å². The van der Waals surface area contributed by atoms with Gasteiger partial charge in [-0.2, -0.15) is 5.10 Å². The van der Waals surface area contributed by atoms with Crippen LogP contribution >= 0.6 is 11.8 Å². The van der Waals surface area contributed by atoms with Gasteiger partial charge in [-0.1, -0.05) is 17.7 Å². The van der Waals surface area contributed by atoms with Gasteiger partial charge in [0.05, 0.1) is 11.8 Å². The molecule has 1 aromatic carbocycles. The van der Waals surface area contributed by atoms with Crippen molar-refractivity contribution in [3.05, 3.63) is 47.8 Å².